The van der Waals surface area contributed by atoms with Crippen molar-refractivity contribution in [1.82, 2.24) is 5.32 Å². The predicted molar refractivity (Wildman–Crippen MR) is 79.2 cm³/mol. The largest absolute Gasteiger partial charge is 0.385 e. The van der Waals surface area contributed by atoms with Gasteiger partial charge >= 0.3 is 0 Å². The molecule has 1 saturated heterocycles. The molecule has 2 rings (SSSR count). The molecule has 2 N–H and O–H groups in total. The van der Waals surface area contributed by atoms with Gasteiger partial charge in [-0.1, -0.05) is 26.0 Å². The zero-order valence-corrected chi connectivity index (χ0v) is 11.7. The summed E-state index contributed by atoms with van der Waals surface area (Å²) in [6, 6.07) is 8.95. The van der Waals surface area contributed by atoms with Crippen LogP contribution in [0.1, 0.15) is 44.6 Å². The van der Waals surface area contributed by atoms with Crippen LogP contribution in [0.3, 0.4) is 0 Å². The third-order valence-electron chi connectivity index (χ3n) is 4.14. The third-order valence-corrected chi connectivity index (χ3v) is 4.14. The van der Waals surface area contributed by atoms with Crippen LogP contribution in [0, 0.1) is 5.92 Å². The summed E-state index contributed by atoms with van der Waals surface area (Å²) in [4.78, 5) is 0. The fourth-order valence-electron chi connectivity index (χ4n) is 2.55. The summed E-state index contributed by atoms with van der Waals surface area (Å²) in [5.74, 6) is 1.54. The number of nitrogens with one attached hydrogen (secondary N) is 2. The predicted octanol–water partition coefficient (Wildman–Crippen LogP) is 3.61. The summed E-state index contributed by atoms with van der Waals surface area (Å²) in [7, 11) is 0. The number of hydrogen-bond donors (Lipinski definition) is 2. The Kier molecular flexibility index (Phi) is 5.06. The lowest BCUT2D eigenvalue weighted by atomic mass is 9.98. The highest BCUT2D eigenvalue weighted by Gasteiger charge is 2.13. The van der Waals surface area contributed by atoms with Gasteiger partial charge in [0.15, 0.2) is 0 Å². The Labute approximate surface area is 111 Å². The second-order valence-electron chi connectivity index (χ2n) is 5.51. The van der Waals surface area contributed by atoms with E-state index in [0.29, 0.717) is 5.92 Å². The fraction of sp³-hybridized carbons (Fsp3) is 0.625. The molecule has 0 aromatic heterocycles. The van der Waals surface area contributed by atoms with Crippen LogP contribution in [0.4, 0.5) is 5.69 Å². The van der Waals surface area contributed by atoms with Gasteiger partial charge in [-0.25, -0.2) is 0 Å². The Morgan fingerprint density at radius 3 is 2.72 bits per heavy atom. The molecule has 1 aromatic rings. The van der Waals surface area contributed by atoms with Gasteiger partial charge in [-0.15, -0.1) is 0 Å². The molecule has 0 spiro atoms. The fourth-order valence-corrected chi connectivity index (χ4v) is 2.55. The van der Waals surface area contributed by atoms with Crippen molar-refractivity contribution in [2.45, 2.75) is 39.0 Å². The lowest BCUT2D eigenvalue weighted by molar-refractivity contribution is 0.549. The molecule has 18 heavy (non-hydrogen) atoms. The first kappa shape index (κ1) is 13.4. The van der Waals surface area contributed by atoms with Gasteiger partial charge in [0, 0.05) is 12.2 Å². The van der Waals surface area contributed by atoms with Crippen LogP contribution in [0.2, 0.25) is 0 Å². The first-order valence-corrected chi connectivity index (χ1v) is 7.34. The maximum Gasteiger partial charge on any atom is 0.0340 e. The Morgan fingerprint density at radius 1 is 1.33 bits per heavy atom. The van der Waals surface area contributed by atoms with Crippen LogP contribution in [-0.2, 0) is 0 Å². The molecular weight excluding hydrogens is 220 g/mol. The number of hydrogen-bond acceptors (Lipinski definition) is 2. The lowest BCUT2D eigenvalue weighted by Crippen LogP contribution is -2.12. The second-order valence-corrected chi connectivity index (χ2v) is 5.51. The van der Waals surface area contributed by atoms with Gasteiger partial charge < -0.3 is 10.6 Å². The van der Waals surface area contributed by atoms with Gasteiger partial charge in [0.25, 0.3) is 0 Å². The third kappa shape index (κ3) is 3.74. The molecule has 1 aromatic carbocycles. The molecule has 1 aliphatic rings. The van der Waals surface area contributed by atoms with Crippen molar-refractivity contribution in [1.29, 1.82) is 0 Å². The maximum atomic E-state index is 3.53. The smallest absolute Gasteiger partial charge is 0.0340 e. The standard InChI is InChI=1S/C16H26N2/c1-3-13(2)15-4-6-16(7-5-15)18-11-9-14-8-10-17-12-14/h4-7,13-14,17-18H,3,8-12H2,1-2H3. The number of benzene rings is 1. The summed E-state index contributed by atoms with van der Waals surface area (Å²) in [5.41, 5.74) is 2.70. The maximum absolute atomic E-state index is 3.53. The first-order chi connectivity index (χ1) is 8.79. The monoisotopic (exact) mass is 246 g/mol. The van der Waals surface area contributed by atoms with E-state index in [4.69, 9.17) is 0 Å². The van der Waals surface area contributed by atoms with Gasteiger partial charge in [-0.05, 0) is 61.9 Å². The van der Waals surface area contributed by atoms with Crippen LogP contribution in [0.25, 0.3) is 0 Å². The molecule has 2 atom stereocenters. The van der Waals surface area contributed by atoms with Crippen LogP contribution in [0.5, 0.6) is 0 Å². The van der Waals surface area contributed by atoms with Crippen molar-refractivity contribution < 1.29 is 0 Å². The van der Waals surface area contributed by atoms with Gasteiger partial charge in [0.05, 0.1) is 0 Å². The molecular formula is C16H26N2. The van der Waals surface area contributed by atoms with Crippen molar-refractivity contribution in [3.05, 3.63) is 29.8 Å². The van der Waals surface area contributed by atoms with E-state index in [1.807, 2.05) is 0 Å². The van der Waals surface area contributed by atoms with E-state index in [1.54, 1.807) is 0 Å². The molecule has 2 unspecified atom stereocenters. The highest BCUT2D eigenvalue weighted by Crippen LogP contribution is 2.20. The zero-order valence-electron chi connectivity index (χ0n) is 11.7. The molecule has 2 heteroatoms. The molecule has 0 radical (unpaired) electrons. The quantitative estimate of drug-likeness (QED) is 0.801. The van der Waals surface area contributed by atoms with Crippen LogP contribution >= 0.6 is 0 Å². The van der Waals surface area contributed by atoms with Crippen molar-refractivity contribution in [2.24, 2.45) is 5.92 Å². The van der Waals surface area contributed by atoms with E-state index >= 15 is 0 Å². The first-order valence-electron chi connectivity index (χ1n) is 7.34. The summed E-state index contributed by atoms with van der Waals surface area (Å²) >= 11 is 0. The molecule has 0 saturated carbocycles. The second kappa shape index (κ2) is 6.79. The summed E-state index contributed by atoms with van der Waals surface area (Å²) in [6.45, 7) is 8.03. The molecule has 1 heterocycles. The normalized spacial score (nSPS) is 20.9. The number of anilines is 1. The van der Waals surface area contributed by atoms with Crippen molar-refractivity contribution in [3.63, 3.8) is 0 Å². The lowest BCUT2D eigenvalue weighted by Gasteiger charge is -2.12. The van der Waals surface area contributed by atoms with Crippen LogP contribution < -0.4 is 10.6 Å². The highest BCUT2D eigenvalue weighted by atomic mass is 14.9. The Hall–Kier alpha value is -1.02. The van der Waals surface area contributed by atoms with E-state index in [2.05, 4.69) is 48.7 Å². The van der Waals surface area contributed by atoms with Gasteiger partial charge in [0.2, 0.25) is 0 Å². The van der Waals surface area contributed by atoms with E-state index in [1.165, 1.54) is 43.6 Å². The minimum absolute atomic E-state index is 0.670. The van der Waals surface area contributed by atoms with Crippen LogP contribution in [-0.4, -0.2) is 19.6 Å². The van der Waals surface area contributed by atoms with Crippen molar-refractivity contribution in [3.8, 4) is 0 Å². The highest BCUT2D eigenvalue weighted by molar-refractivity contribution is 5.45. The minimum Gasteiger partial charge on any atom is -0.385 e. The van der Waals surface area contributed by atoms with Gasteiger partial charge in [0.1, 0.15) is 0 Å². The molecule has 0 bridgehead atoms. The minimum atomic E-state index is 0.670. The molecule has 0 aliphatic carbocycles. The Balaban J connectivity index is 1.75. The summed E-state index contributed by atoms with van der Waals surface area (Å²) in [5, 5.41) is 6.95. The Morgan fingerprint density at radius 2 is 2.11 bits per heavy atom. The summed E-state index contributed by atoms with van der Waals surface area (Å²) < 4.78 is 0. The van der Waals surface area contributed by atoms with Crippen molar-refractivity contribution in [2.75, 3.05) is 25.0 Å². The number of rotatable bonds is 6. The summed E-state index contributed by atoms with van der Waals surface area (Å²) in [6.07, 6.45) is 3.83. The van der Waals surface area contributed by atoms with Gasteiger partial charge in [-0.2, -0.15) is 0 Å². The zero-order chi connectivity index (χ0) is 12.8. The Bertz CT molecular complexity index is 339. The van der Waals surface area contributed by atoms with Crippen molar-refractivity contribution >= 4 is 5.69 Å². The average molecular weight is 246 g/mol. The molecule has 2 nitrogen and oxygen atoms in total. The molecule has 1 aliphatic heterocycles. The van der Waals surface area contributed by atoms with Gasteiger partial charge in [-0.3, -0.25) is 0 Å². The topological polar surface area (TPSA) is 24.1 Å². The van der Waals surface area contributed by atoms with Crippen LogP contribution in [0.15, 0.2) is 24.3 Å². The molecule has 0 amide bonds. The SMILES string of the molecule is CCC(C)c1ccc(NCCC2CCNC2)cc1. The van der Waals surface area contributed by atoms with E-state index in [0.717, 1.165) is 12.5 Å². The molecule has 1 fully saturated rings. The molecule has 100 valence electrons. The van der Waals surface area contributed by atoms with E-state index in [9.17, 15) is 0 Å². The average Bonchev–Trinajstić information content (AvgIpc) is 2.92. The van der Waals surface area contributed by atoms with E-state index < -0.39 is 0 Å². The van der Waals surface area contributed by atoms with E-state index in [-0.39, 0.29) is 0 Å².